The van der Waals surface area contributed by atoms with Gasteiger partial charge >= 0.3 is 6.03 Å². The molecule has 0 aliphatic carbocycles. The van der Waals surface area contributed by atoms with Gasteiger partial charge in [-0.2, -0.15) is 0 Å². The van der Waals surface area contributed by atoms with Crippen LogP contribution in [0.4, 0.5) is 4.79 Å². The zero-order chi connectivity index (χ0) is 20.2. The number of rotatable bonds is 4. The van der Waals surface area contributed by atoms with Crippen LogP contribution in [-0.4, -0.2) is 60.0 Å². The molecule has 3 amide bonds. The van der Waals surface area contributed by atoms with Gasteiger partial charge in [-0.3, -0.25) is 4.79 Å². The van der Waals surface area contributed by atoms with Crippen molar-refractivity contribution in [1.82, 2.24) is 20.1 Å². The molecule has 29 heavy (non-hydrogen) atoms. The second kappa shape index (κ2) is 8.82. The monoisotopic (exact) mass is 414 g/mol. The number of amides is 3. The number of fused-ring (bicyclic) bond motifs is 1. The van der Waals surface area contributed by atoms with Crippen molar-refractivity contribution >= 4 is 23.3 Å². The number of benzene rings is 1. The normalized spacial score (nSPS) is 16.3. The van der Waals surface area contributed by atoms with Gasteiger partial charge in [0.15, 0.2) is 5.01 Å². The Labute approximate surface area is 174 Å². The van der Waals surface area contributed by atoms with Gasteiger partial charge in [0.1, 0.15) is 5.75 Å². The molecule has 4 rings (SSSR count). The van der Waals surface area contributed by atoms with Crippen LogP contribution in [0.2, 0.25) is 0 Å². The summed E-state index contributed by atoms with van der Waals surface area (Å²) in [6, 6.07) is 7.77. The largest absolute Gasteiger partial charge is 0.497 e. The fourth-order valence-electron chi connectivity index (χ4n) is 3.76. The van der Waals surface area contributed by atoms with Crippen LogP contribution in [0.25, 0.3) is 0 Å². The van der Waals surface area contributed by atoms with Gasteiger partial charge in [-0.25, -0.2) is 9.78 Å². The number of nitrogens with one attached hydrogen (secondary N) is 1. The zero-order valence-electron chi connectivity index (χ0n) is 16.6. The maximum atomic E-state index is 12.6. The highest BCUT2D eigenvalue weighted by atomic mass is 32.1. The molecule has 2 aliphatic rings. The van der Waals surface area contributed by atoms with Gasteiger partial charge in [-0.15, -0.1) is 11.3 Å². The third-order valence-electron chi connectivity index (χ3n) is 5.46. The van der Waals surface area contributed by atoms with E-state index in [-0.39, 0.29) is 11.9 Å². The fraction of sp³-hybridized carbons (Fsp3) is 0.476. The standard InChI is InChI=1S/C21H26N4O3S/c1-28-16-6-4-15(5-7-16)14-22-19(26)20-23-17-8-12-25(13-9-18(17)29-20)21(27)24-10-2-3-11-24/h4-7H,2-3,8-14H2,1H3,(H,22,26). The van der Waals surface area contributed by atoms with E-state index in [0.29, 0.717) is 31.1 Å². The van der Waals surface area contributed by atoms with E-state index < -0.39 is 0 Å². The van der Waals surface area contributed by atoms with Gasteiger partial charge in [0, 0.05) is 50.4 Å². The van der Waals surface area contributed by atoms with Crippen LogP contribution in [0.3, 0.4) is 0 Å². The average molecular weight is 415 g/mol. The summed E-state index contributed by atoms with van der Waals surface area (Å²) in [5, 5.41) is 3.44. The number of nitrogens with zero attached hydrogens (tertiary/aromatic N) is 3. The number of aromatic nitrogens is 1. The average Bonchev–Trinajstić information content (AvgIpc) is 3.39. The van der Waals surface area contributed by atoms with E-state index in [0.717, 1.165) is 54.2 Å². The molecule has 0 spiro atoms. The lowest BCUT2D eigenvalue weighted by atomic mass is 10.2. The molecule has 1 N–H and O–H groups in total. The molecule has 0 unspecified atom stereocenters. The van der Waals surface area contributed by atoms with Gasteiger partial charge in [0.25, 0.3) is 5.91 Å². The number of hydrogen-bond donors (Lipinski definition) is 1. The lowest BCUT2D eigenvalue weighted by Crippen LogP contribution is -2.43. The Hall–Kier alpha value is -2.61. The van der Waals surface area contributed by atoms with E-state index in [1.807, 2.05) is 34.1 Å². The predicted molar refractivity (Wildman–Crippen MR) is 111 cm³/mol. The van der Waals surface area contributed by atoms with Crippen LogP contribution in [0.5, 0.6) is 5.75 Å². The number of likely N-dealkylation sites (tertiary alicyclic amines) is 1. The molecule has 0 radical (unpaired) electrons. The Bertz CT molecular complexity index is 849. The van der Waals surface area contributed by atoms with Crippen LogP contribution in [0.15, 0.2) is 24.3 Å². The van der Waals surface area contributed by atoms with Gasteiger partial charge in [-0.05, 0) is 30.5 Å². The van der Waals surface area contributed by atoms with Gasteiger partial charge < -0.3 is 19.9 Å². The summed E-state index contributed by atoms with van der Waals surface area (Å²) in [5.41, 5.74) is 1.97. The second-order valence-electron chi connectivity index (χ2n) is 7.38. The van der Waals surface area contributed by atoms with Crippen molar-refractivity contribution in [3.8, 4) is 5.75 Å². The topological polar surface area (TPSA) is 74.8 Å². The van der Waals surface area contributed by atoms with Crippen LogP contribution in [0.1, 0.15) is 38.8 Å². The molecule has 1 aromatic heterocycles. The molecule has 0 atom stereocenters. The first-order valence-corrected chi connectivity index (χ1v) is 10.9. The van der Waals surface area contributed by atoms with Crippen molar-refractivity contribution < 1.29 is 14.3 Å². The summed E-state index contributed by atoms with van der Waals surface area (Å²) in [7, 11) is 1.63. The molecule has 2 aromatic rings. The molecule has 8 heteroatoms. The van der Waals surface area contributed by atoms with E-state index in [4.69, 9.17) is 4.74 Å². The Morgan fingerprint density at radius 3 is 2.48 bits per heavy atom. The summed E-state index contributed by atoms with van der Waals surface area (Å²) in [6.45, 7) is 3.55. The number of ether oxygens (including phenoxy) is 1. The van der Waals surface area contributed by atoms with Crippen molar-refractivity contribution in [3.63, 3.8) is 0 Å². The predicted octanol–water partition coefficient (Wildman–Crippen LogP) is 2.70. The molecule has 0 saturated carbocycles. The molecule has 0 bridgehead atoms. The van der Waals surface area contributed by atoms with Crippen molar-refractivity contribution in [2.24, 2.45) is 0 Å². The molecule has 1 saturated heterocycles. The van der Waals surface area contributed by atoms with Crippen molar-refractivity contribution in [1.29, 1.82) is 0 Å². The van der Waals surface area contributed by atoms with Crippen molar-refractivity contribution in [2.45, 2.75) is 32.2 Å². The Morgan fingerprint density at radius 2 is 1.76 bits per heavy atom. The van der Waals surface area contributed by atoms with Gasteiger partial charge in [-0.1, -0.05) is 12.1 Å². The van der Waals surface area contributed by atoms with Gasteiger partial charge in [0.05, 0.1) is 12.8 Å². The summed E-state index contributed by atoms with van der Waals surface area (Å²) in [4.78, 5) is 34.7. The second-order valence-corrected chi connectivity index (χ2v) is 8.47. The molecule has 1 aromatic carbocycles. The summed E-state index contributed by atoms with van der Waals surface area (Å²) >= 11 is 1.45. The number of methoxy groups -OCH3 is 1. The lowest BCUT2D eigenvalue weighted by molar-refractivity contribution is 0.0950. The first-order chi connectivity index (χ1) is 14.1. The minimum Gasteiger partial charge on any atom is -0.497 e. The highest BCUT2D eigenvalue weighted by Crippen LogP contribution is 2.24. The number of carbonyl (C=O) groups is 2. The van der Waals surface area contributed by atoms with Crippen molar-refractivity contribution in [2.75, 3.05) is 33.3 Å². The first-order valence-electron chi connectivity index (χ1n) is 10.1. The Kier molecular flexibility index (Phi) is 5.99. The highest BCUT2D eigenvalue weighted by Gasteiger charge is 2.27. The molecule has 1 fully saturated rings. The molecular weight excluding hydrogens is 388 g/mol. The number of urea groups is 1. The van der Waals surface area contributed by atoms with E-state index in [1.54, 1.807) is 7.11 Å². The number of hydrogen-bond acceptors (Lipinski definition) is 5. The molecule has 3 heterocycles. The minimum atomic E-state index is -0.149. The van der Waals surface area contributed by atoms with Crippen LogP contribution < -0.4 is 10.1 Å². The quantitative estimate of drug-likeness (QED) is 0.835. The van der Waals surface area contributed by atoms with E-state index in [1.165, 1.54) is 11.3 Å². The maximum Gasteiger partial charge on any atom is 0.320 e. The van der Waals surface area contributed by atoms with Gasteiger partial charge in [0.2, 0.25) is 0 Å². The first kappa shape index (κ1) is 19.7. The minimum absolute atomic E-state index is 0.148. The Morgan fingerprint density at radius 1 is 1.07 bits per heavy atom. The Balaban J connectivity index is 1.33. The third kappa shape index (κ3) is 4.53. The van der Waals surface area contributed by atoms with Crippen LogP contribution in [-0.2, 0) is 19.4 Å². The number of carbonyl (C=O) groups excluding carboxylic acids is 2. The molecule has 7 nitrogen and oxygen atoms in total. The van der Waals surface area contributed by atoms with E-state index >= 15 is 0 Å². The van der Waals surface area contributed by atoms with Crippen LogP contribution >= 0.6 is 11.3 Å². The lowest BCUT2D eigenvalue weighted by Gasteiger charge is -2.26. The van der Waals surface area contributed by atoms with E-state index in [2.05, 4.69) is 10.3 Å². The zero-order valence-corrected chi connectivity index (χ0v) is 17.5. The van der Waals surface area contributed by atoms with Crippen molar-refractivity contribution in [3.05, 3.63) is 45.4 Å². The SMILES string of the molecule is COc1ccc(CNC(=O)c2nc3c(s2)CCN(C(=O)N2CCCC2)CC3)cc1. The van der Waals surface area contributed by atoms with Crippen LogP contribution in [0, 0.1) is 0 Å². The van der Waals surface area contributed by atoms with E-state index in [9.17, 15) is 9.59 Å². The molecular formula is C21H26N4O3S. The summed E-state index contributed by atoms with van der Waals surface area (Å²) in [6.07, 6.45) is 3.67. The highest BCUT2D eigenvalue weighted by molar-refractivity contribution is 7.13. The summed E-state index contributed by atoms with van der Waals surface area (Å²) < 4.78 is 5.15. The maximum absolute atomic E-state index is 12.6. The summed E-state index contributed by atoms with van der Waals surface area (Å²) in [5.74, 6) is 0.643. The molecule has 2 aliphatic heterocycles. The fourth-order valence-corrected chi connectivity index (χ4v) is 4.77. The number of thiazole rings is 1. The smallest absolute Gasteiger partial charge is 0.320 e. The molecule has 154 valence electrons. The third-order valence-corrected chi connectivity index (χ3v) is 6.62.